The van der Waals surface area contributed by atoms with Crippen molar-refractivity contribution in [3.05, 3.63) is 12.4 Å². The molecule has 1 aliphatic carbocycles. The summed E-state index contributed by atoms with van der Waals surface area (Å²) in [5, 5.41) is 3.32. The Morgan fingerprint density at radius 3 is 3.28 bits per heavy atom. The van der Waals surface area contributed by atoms with E-state index in [9.17, 15) is 0 Å². The summed E-state index contributed by atoms with van der Waals surface area (Å²) in [5.74, 6) is 1.81. The van der Waals surface area contributed by atoms with Crippen LogP contribution in [0.5, 0.6) is 5.88 Å². The molecule has 0 spiro atoms. The Labute approximate surface area is 106 Å². The Morgan fingerprint density at radius 1 is 1.56 bits per heavy atom. The van der Waals surface area contributed by atoms with E-state index in [1.807, 2.05) is 6.92 Å². The molecule has 18 heavy (non-hydrogen) atoms. The van der Waals surface area contributed by atoms with Crippen molar-refractivity contribution in [2.75, 3.05) is 18.5 Å². The van der Waals surface area contributed by atoms with Gasteiger partial charge in [0.2, 0.25) is 5.88 Å². The molecule has 6 nitrogen and oxygen atoms in total. The van der Waals surface area contributed by atoms with Gasteiger partial charge in [-0.15, -0.1) is 0 Å². The van der Waals surface area contributed by atoms with Crippen LogP contribution in [0.25, 0.3) is 0 Å². The maximum atomic E-state index is 6.14. The van der Waals surface area contributed by atoms with Gasteiger partial charge in [0.05, 0.1) is 18.8 Å². The molecule has 1 aromatic rings. The molecule has 0 bridgehead atoms. The zero-order valence-corrected chi connectivity index (χ0v) is 10.4. The number of anilines is 1. The number of aromatic nitrogens is 2. The Morgan fingerprint density at radius 2 is 2.44 bits per heavy atom. The largest absolute Gasteiger partial charge is 0.478 e. The Kier molecular flexibility index (Phi) is 3.05. The van der Waals surface area contributed by atoms with Crippen LogP contribution < -0.4 is 15.8 Å². The van der Waals surface area contributed by atoms with Crippen molar-refractivity contribution in [3.63, 3.8) is 0 Å². The Bertz CT molecular complexity index is 428. The van der Waals surface area contributed by atoms with E-state index in [1.54, 1.807) is 6.07 Å². The predicted molar refractivity (Wildman–Crippen MR) is 66.4 cm³/mol. The number of hydrogen-bond acceptors (Lipinski definition) is 6. The second-order valence-corrected chi connectivity index (χ2v) is 4.71. The summed E-state index contributed by atoms with van der Waals surface area (Å²) in [4.78, 5) is 8.21. The molecule has 1 saturated carbocycles. The van der Waals surface area contributed by atoms with Crippen LogP contribution in [0.1, 0.15) is 13.3 Å². The van der Waals surface area contributed by atoms with Crippen LogP contribution in [-0.2, 0) is 4.74 Å². The highest BCUT2D eigenvalue weighted by Gasteiger charge is 2.52. The van der Waals surface area contributed by atoms with E-state index in [2.05, 4.69) is 15.3 Å². The van der Waals surface area contributed by atoms with E-state index >= 15 is 0 Å². The summed E-state index contributed by atoms with van der Waals surface area (Å²) in [6, 6.07) is 2.07. The molecule has 2 fully saturated rings. The molecule has 2 aliphatic rings. The molecule has 98 valence electrons. The van der Waals surface area contributed by atoms with Gasteiger partial charge in [-0.25, -0.2) is 9.97 Å². The van der Waals surface area contributed by atoms with E-state index < -0.39 is 0 Å². The first-order valence-corrected chi connectivity index (χ1v) is 6.38. The molecule has 1 aliphatic heterocycles. The Hall–Kier alpha value is -1.40. The van der Waals surface area contributed by atoms with Crippen molar-refractivity contribution in [3.8, 4) is 5.88 Å². The van der Waals surface area contributed by atoms with Gasteiger partial charge >= 0.3 is 0 Å². The molecule has 4 atom stereocenters. The van der Waals surface area contributed by atoms with Gasteiger partial charge in [-0.05, 0) is 13.3 Å². The van der Waals surface area contributed by atoms with Crippen molar-refractivity contribution in [2.24, 2.45) is 11.7 Å². The third kappa shape index (κ3) is 1.91. The molecule has 3 rings (SSSR count). The third-order valence-corrected chi connectivity index (χ3v) is 3.70. The topological polar surface area (TPSA) is 82.3 Å². The zero-order valence-electron chi connectivity index (χ0n) is 10.4. The molecule has 6 heteroatoms. The second-order valence-electron chi connectivity index (χ2n) is 4.71. The summed E-state index contributed by atoms with van der Waals surface area (Å²) in [5.41, 5.74) is 6.14. The monoisotopic (exact) mass is 250 g/mol. The lowest BCUT2D eigenvalue weighted by Gasteiger charge is -2.45. The third-order valence-electron chi connectivity index (χ3n) is 3.70. The standard InChI is InChI=1S/C12H18N4O2/c1-2-17-9-5-8(14-6-15-9)16-11-10(13)7-3-4-18-12(7)11/h5-7,10-12H,2-4,13H2,1H3,(H,14,15,16). The lowest BCUT2D eigenvalue weighted by Crippen LogP contribution is -2.65. The molecule has 2 heterocycles. The van der Waals surface area contributed by atoms with Crippen LogP contribution in [-0.4, -0.2) is 41.4 Å². The molecule has 1 saturated heterocycles. The fraction of sp³-hybridized carbons (Fsp3) is 0.667. The molecular formula is C12H18N4O2. The highest BCUT2D eigenvalue weighted by molar-refractivity contribution is 5.40. The van der Waals surface area contributed by atoms with Gasteiger partial charge in [0, 0.05) is 24.6 Å². The quantitative estimate of drug-likeness (QED) is 0.805. The molecule has 1 aromatic heterocycles. The molecule has 4 unspecified atom stereocenters. The SMILES string of the molecule is CCOc1cc(NC2C(N)C3CCOC32)ncn1. The first kappa shape index (κ1) is 11.7. The minimum Gasteiger partial charge on any atom is -0.478 e. The van der Waals surface area contributed by atoms with Crippen LogP contribution in [0.4, 0.5) is 5.82 Å². The van der Waals surface area contributed by atoms with Gasteiger partial charge in [0.15, 0.2) is 0 Å². The highest BCUT2D eigenvalue weighted by Crippen LogP contribution is 2.39. The van der Waals surface area contributed by atoms with Crippen molar-refractivity contribution < 1.29 is 9.47 Å². The van der Waals surface area contributed by atoms with E-state index in [1.165, 1.54) is 6.33 Å². The maximum Gasteiger partial charge on any atom is 0.218 e. The lowest BCUT2D eigenvalue weighted by atomic mass is 9.72. The van der Waals surface area contributed by atoms with Crippen LogP contribution >= 0.6 is 0 Å². The van der Waals surface area contributed by atoms with E-state index in [0.717, 1.165) is 18.8 Å². The van der Waals surface area contributed by atoms with E-state index in [4.69, 9.17) is 15.2 Å². The van der Waals surface area contributed by atoms with Crippen LogP contribution in [0, 0.1) is 5.92 Å². The number of rotatable bonds is 4. The number of fused-ring (bicyclic) bond motifs is 1. The van der Waals surface area contributed by atoms with Crippen molar-refractivity contribution in [2.45, 2.75) is 31.5 Å². The molecule has 0 aromatic carbocycles. The minimum absolute atomic E-state index is 0.141. The first-order chi connectivity index (χ1) is 8.79. The van der Waals surface area contributed by atoms with Crippen molar-refractivity contribution >= 4 is 5.82 Å². The van der Waals surface area contributed by atoms with Crippen molar-refractivity contribution in [1.29, 1.82) is 0 Å². The zero-order chi connectivity index (χ0) is 12.5. The van der Waals surface area contributed by atoms with E-state index in [0.29, 0.717) is 18.4 Å². The fourth-order valence-electron chi connectivity index (χ4n) is 2.74. The Balaban J connectivity index is 1.67. The van der Waals surface area contributed by atoms with Gasteiger partial charge in [0.1, 0.15) is 12.1 Å². The fourth-order valence-corrected chi connectivity index (χ4v) is 2.74. The lowest BCUT2D eigenvalue weighted by molar-refractivity contribution is 0.00522. The predicted octanol–water partition coefficient (Wildman–Crippen LogP) is 0.402. The molecule has 3 N–H and O–H groups in total. The van der Waals surface area contributed by atoms with Gasteiger partial charge in [-0.1, -0.05) is 0 Å². The highest BCUT2D eigenvalue weighted by atomic mass is 16.5. The maximum absolute atomic E-state index is 6.14. The number of hydrogen-bond donors (Lipinski definition) is 2. The smallest absolute Gasteiger partial charge is 0.218 e. The number of nitrogens with one attached hydrogen (secondary N) is 1. The van der Waals surface area contributed by atoms with Gasteiger partial charge in [0.25, 0.3) is 0 Å². The normalized spacial score (nSPS) is 33.7. The summed E-state index contributed by atoms with van der Waals surface area (Å²) in [6.45, 7) is 3.33. The molecule has 0 amide bonds. The number of nitrogens with zero attached hydrogens (tertiary/aromatic N) is 2. The van der Waals surface area contributed by atoms with Gasteiger partial charge < -0.3 is 20.5 Å². The van der Waals surface area contributed by atoms with Crippen molar-refractivity contribution in [1.82, 2.24) is 9.97 Å². The minimum atomic E-state index is 0.141. The van der Waals surface area contributed by atoms with Crippen LogP contribution in [0.2, 0.25) is 0 Å². The molecule has 0 radical (unpaired) electrons. The second kappa shape index (κ2) is 4.70. The molecular weight excluding hydrogens is 232 g/mol. The summed E-state index contributed by atoms with van der Waals surface area (Å²) < 4.78 is 11.0. The van der Waals surface area contributed by atoms with Gasteiger partial charge in [-0.2, -0.15) is 0 Å². The van der Waals surface area contributed by atoms with Gasteiger partial charge in [-0.3, -0.25) is 0 Å². The van der Waals surface area contributed by atoms with Crippen LogP contribution in [0.15, 0.2) is 12.4 Å². The average molecular weight is 250 g/mol. The summed E-state index contributed by atoms with van der Waals surface area (Å²) >= 11 is 0. The number of nitrogens with two attached hydrogens (primary N) is 1. The van der Waals surface area contributed by atoms with Crippen LogP contribution in [0.3, 0.4) is 0 Å². The summed E-state index contributed by atoms with van der Waals surface area (Å²) in [7, 11) is 0. The number of ether oxygens (including phenoxy) is 2. The summed E-state index contributed by atoms with van der Waals surface area (Å²) in [6.07, 6.45) is 2.79. The van der Waals surface area contributed by atoms with E-state index in [-0.39, 0.29) is 18.2 Å². The average Bonchev–Trinajstić information content (AvgIpc) is 2.81. The first-order valence-electron chi connectivity index (χ1n) is 6.38.